The van der Waals surface area contributed by atoms with Crippen molar-refractivity contribution in [3.63, 3.8) is 0 Å². The van der Waals surface area contributed by atoms with E-state index in [1.807, 2.05) is 12.1 Å². The van der Waals surface area contributed by atoms with E-state index in [-0.39, 0.29) is 12.2 Å². The largest absolute Gasteiger partial charge is 0.369 e. The molecule has 10 nitrogen and oxygen atoms in total. The first-order valence-corrected chi connectivity index (χ1v) is 22.8. The molecule has 4 aromatic carbocycles. The summed E-state index contributed by atoms with van der Waals surface area (Å²) in [4.78, 5) is 9.29. The van der Waals surface area contributed by atoms with Crippen molar-refractivity contribution in [1.82, 2.24) is 29.6 Å². The molecular formula is C51H66N8O2. The number of hydrogen-bond donors (Lipinski definition) is 2. The molecule has 0 amide bonds. The molecule has 0 aliphatic carbocycles. The van der Waals surface area contributed by atoms with Crippen molar-refractivity contribution in [3.05, 3.63) is 162 Å². The van der Waals surface area contributed by atoms with Crippen LogP contribution in [0, 0.1) is 0 Å². The van der Waals surface area contributed by atoms with E-state index in [1.54, 1.807) is 4.63 Å². The molecule has 2 fully saturated rings. The SMILES string of the molecule is NCCCCCN1CCC(OC(c2ccccc2)c2ccccc2)CC1.c1ccc(C(OC2CCN(CCCCCNc3ccc4ncnn4n3)CC2)c2ccccc2)cc1. The minimum Gasteiger partial charge on any atom is -0.369 e. The number of ether oxygens (including phenoxy) is 2. The summed E-state index contributed by atoms with van der Waals surface area (Å²) in [6.45, 7) is 8.61. The fraction of sp³-hybridized carbons (Fsp3) is 0.431. The number of likely N-dealkylation sites (tertiary alicyclic amines) is 2. The molecule has 2 aliphatic heterocycles. The van der Waals surface area contributed by atoms with Gasteiger partial charge in [0.05, 0.1) is 12.2 Å². The van der Waals surface area contributed by atoms with E-state index < -0.39 is 0 Å². The molecule has 0 unspecified atom stereocenters. The van der Waals surface area contributed by atoms with Crippen molar-refractivity contribution < 1.29 is 9.47 Å². The predicted octanol–water partition coefficient (Wildman–Crippen LogP) is 9.36. The number of benzene rings is 4. The fourth-order valence-electron chi connectivity index (χ4n) is 8.46. The molecule has 2 saturated heterocycles. The molecule has 6 aromatic rings. The lowest BCUT2D eigenvalue weighted by Gasteiger charge is -2.34. The van der Waals surface area contributed by atoms with Gasteiger partial charge in [-0.2, -0.15) is 0 Å². The number of fused-ring (bicyclic) bond motifs is 1. The van der Waals surface area contributed by atoms with Gasteiger partial charge in [0, 0.05) is 32.7 Å². The van der Waals surface area contributed by atoms with E-state index >= 15 is 0 Å². The summed E-state index contributed by atoms with van der Waals surface area (Å²) >= 11 is 0. The Balaban J connectivity index is 0.000000193. The van der Waals surface area contributed by atoms with Crippen LogP contribution < -0.4 is 11.1 Å². The average Bonchev–Trinajstić information content (AvgIpc) is 3.80. The van der Waals surface area contributed by atoms with Crippen molar-refractivity contribution in [1.29, 1.82) is 0 Å². The van der Waals surface area contributed by atoms with Gasteiger partial charge in [-0.25, -0.2) is 4.98 Å². The topological polar surface area (TPSA) is 106 Å². The van der Waals surface area contributed by atoms with Crippen molar-refractivity contribution in [2.45, 2.75) is 88.6 Å². The lowest BCUT2D eigenvalue weighted by Crippen LogP contribution is -2.38. The summed E-state index contributed by atoms with van der Waals surface area (Å²) in [5, 5.41) is 11.9. The molecule has 8 rings (SSSR count). The van der Waals surface area contributed by atoms with Gasteiger partial charge in [-0.1, -0.05) is 134 Å². The minimum absolute atomic E-state index is 0.00112. The Morgan fingerprint density at radius 1 is 0.541 bits per heavy atom. The molecule has 2 aromatic heterocycles. The number of nitrogens with two attached hydrogens (primary N) is 1. The first-order valence-electron chi connectivity index (χ1n) is 22.8. The van der Waals surface area contributed by atoms with Crippen LogP contribution in [0.3, 0.4) is 0 Å². The minimum atomic E-state index is 0.00112. The van der Waals surface area contributed by atoms with Gasteiger partial charge in [0.25, 0.3) is 0 Å². The first-order chi connectivity index (χ1) is 30.2. The van der Waals surface area contributed by atoms with Crippen LogP contribution in [-0.2, 0) is 9.47 Å². The second kappa shape index (κ2) is 24.5. The summed E-state index contributed by atoms with van der Waals surface area (Å²) in [6, 6.07) is 46.3. The van der Waals surface area contributed by atoms with Crippen molar-refractivity contribution in [3.8, 4) is 0 Å². The third kappa shape index (κ3) is 14.0. The van der Waals surface area contributed by atoms with E-state index in [9.17, 15) is 0 Å². The van der Waals surface area contributed by atoms with Gasteiger partial charge < -0.3 is 30.3 Å². The van der Waals surface area contributed by atoms with Crippen molar-refractivity contribution in [2.75, 3.05) is 57.7 Å². The maximum absolute atomic E-state index is 6.68. The number of nitrogens with zero attached hydrogens (tertiary/aromatic N) is 6. The Kier molecular flexibility index (Phi) is 17.7. The van der Waals surface area contributed by atoms with Gasteiger partial charge in [-0.15, -0.1) is 14.8 Å². The highest BCUT2D eigenvalue weighted by Gasteiger charge is 2.26. The number of anilines is 1. The van der Waals surface area contributed by atoms with Crippen LogP contribution in [0.5, 0.6) is 0 Å². The molecule has 61 heavy (non-hydrogen) atoms. The van der Waals surface area contributed by atoms with Gasteiger partial charge in [0.15, 0.2) is 5.65 Å². The van der Waals surface area contributed by atoms with Crippen LogP contribution in [0.25, 0.3) is 5.65 Å². The van der Waals surface area contributed by atoms with Gasteiger partial charge >= 0.3 is 0 Å². The zero-order valence-electron chi connectivity index (χ0n) is 35.9. The lowest BCUT2D eigenvalue weighted by molar-refractivity contribution is -0.0272. The van der Waals surface area contributed by atoms with E-state index in [4.69, 9.17) is 15.2 Å². The highest BCUT2D eigenvalue weighted by molar-refractivity contribution is 5.42. The second-order valence-corrected chi connectivity index (χ2v) is 16.4. The summed E-state index contributed by atoms with van der Waals surface area (Å²) in [7, 11) is 0. The molecule has 0 spiro atoms. The number of nitrogens with one attached hydrogen (secondary N) is 1. The summed E-state index contributed by atoms with van der Waals surface area (Å²) < 4.78 is 14.8. The van der Waals surface area contributed by atoms with Crippen molar-refractivity contribution in [2.24, 2.45) is 5.73 Å². The molecule has 0 radical (unpaired) electrons. The zero-order valence-corrected chi connectivity index (χ0v) is 35.9. The van der Waals surface area contributed by atoms with E-state index in [0.29, 0.717) is 12.2 Å². The number of rotatable bonds is 20. The smallest absolute Gasteiger partial charge is 0.176 e. The van der Waals surface area contributed by atoms with E-state index in [2.05, 4.69) is 152 Å². The maximum Gasteiger partial charge on any atom is 0.176 e. The number of hydrogen-bond acceptors (Lipinski definition) is 9. The number of piperidine rings is 2. The molecule has 4 heterocycles. The first kappa shape index (κ1) is 44.1. The molecule has 3 N–H and O–H groups in total. The molecule has 0 bridgehead atoms. The Morgan fingerprint density at radius 3 is 1.43 bits per heavy atom. The maximum atomic E-state index is 6.68. The predicted molar refractivity (Wildman–Crippen MR) is 247 cm³/mol. The van der Waals surface area contributed by atoms with Crippen LogP contribution in [0.2, 0.25) is 0 Å². The van der Waals surface area contributed by atoms with Gasteiger partial charge in [0.2, 0.25) is 0 Å². The molecule has 0 saturated carbocycles. The Morgan fingerprint density at radius 2 is 0.984 bits per heavy atom. The molecule has 0 atom stereocenters. The Labute approximate surface area is 363 Å². The quantitative estimate of drug-likeness (QED) is 0.0729. The third-order valence-electron chi connectivity index (χ3n) is 11.9. The average molecular weight is 823 g/mol. The third-order valence-corrected chi connectivity index (χ3v) is 11.9. The Bertz CT molecular complexity index is 1970. The van der Waals surface area contributed by atoms with Gasteiger partial charge in [-0.05, 0) is 105 Å². The molecular weight excluding hydrogens is 757 g/mol. The van der Waals surface area contributed by atoms with Crippen LogP contribution in [-0.4, -0.2) is 94.2 Å². The van der Waals surface area contributed by atoms with Crippen LogP contribution in [0.4, 0.5) is 5.82 Å². The second-order valence-electron chi connectivity index (χ2n) is 16.4. The Hall–Kier alpha value is -4.97. The van der Waals surface area contributed by atoms with Crippen LogP contribution >= 0.6 is 0 Å². The highest BCUT2D eigenvalue weighted by atomic mass is 16.5. The van der Waals surface area contributed by atoms with Crippen LogP contribution in [0.1, 0.15) is 98.7 Å². The standard InChI is InChI=1S/C28H34N6O.C23H32N2O/c1-4-10-23(11-5-1)28(24-12-6-2-7-13-24)35-25-16-20-33(21-17-25)19-9-3-8-18-29-26-14-15-27-30-22-31-34(27)32-26;24-16-8-3-9-17-25-18-14-22(15-19-25)26-23(20-10-4-1-5-11-20)21-12-6-2-7-13-21/h1-2,4-7,10-15,22,25,28H,3,8-9,16-21H2,(H,29,32);1-2,4-7,10-13,22-23H,3,8-9,14-19,24H2. The highest BCUT2D eigenvalue weighted by Crippen LogP contribution is 2.31. The zero-order chi connectivity index (χ0) is 41.7. The molecule has 10 heteroatoms. The monoisotopic (exact) mass is 823 g/mol. The van der Waals surface area contributed by atoms with E-state index in [1.165, 1.54) is 60.8 Å². The summed E-state index contributed by atoms with van der Waals surface area (Å²) in [6.07, 6.45) is 13.8. The fourth-order valence-corrected chi connectivity index (χ4v) is 8.46. The summed E-state index contributed by atoms with van der Waals surface area (Å²) in [5.74, 6) is 0.842. The number of unbranched alkanes of at least 4 members (excludes halogenated alkanes) is 4. The molecule has 2 aliphatic rings. The molecule has 322 valence electrons. The van der Waals surface area contributed by atoms with Gasteiger partial charge in [0.1, 0.15) is 24.4 Å². The summed E-state index contributed by atoms with van der Waals surface area (Å²) in [5.41, 5.74) is 11.3. The normalized spacial score (nSPS) is 15.6. The number of aromatic nitrogens is 4. The van der Waals surface area contributed by atoms with Gasteiger partial charge in [-0.3, -0.25) is 0 Å². The van der Waals surface area contributed by atoms with Crippen molar-refractivity contribution >= 4 is 11.5 Å². The van der Waals surface area contributed by atoms with Crippen LogP contribution in [0.15, 0.2) is 140 Å². The van der Waals surface area contributed by atoms with E-state index in [0.717, 1.165) is 95.8 Å². The lowest BCUT2D eigenvalue weighted by atomic mass is 10.00.